The highest BCUT2D eigenvalue weighted by atomic mass is 32.1. The average Bonchev–Trinajstić information content (AvgIpc) is 3.51. The third-order valence-electron chi connectivity index (χ3n) is 5.91. The number of carbonyl (C=O) groups is 2. The number of unbranched alkanes of at least 4 members (excludes halogenated alkanes) is 2. The molecule has 8 heteroatoms. The lowest BCUT2D eigenvalue weighted by molar-refractivity contribution is -0.132. The van der Waals surface area contributed by atoms with Gasteiger partial charge in [-0.3, -0.25) is 14.5 Å². The number of benzene rings is 2. The Morgan fingerprint density at radius 2 is 1.69 bits per heavy atom. The van der Waals surface area contributed by atoms with Crippen molar-refractivity contribution in [2.75, 3.05) is 18.1 Å². The van der Waals surface area contributed by atoms with Gasteiger partial charge in [0.25, 0.3) is 5.78 Å². The van der Waals surface area contributed by atoms with Gasteiger partial charge in [0.15, 0.2) is 5.13 Å². The summed E-state index contributed by atoms with van der Waals surface area (Å²) in [7, 11) is 0. The van der Waals surface area contributed by atoms with Crippen LogP contribution in [0.3, 0.4) is 0 Å². The fourth-order valence-electron chi connectivity index (χ4n) is 3.98. The normalized spacial score (nSPS) is 16.9. The van der Waals surface area contributed by atoms with Crippen LogP contribution in [-0.4, -0.2) is 35.0 Å². The first-order valence-corrected chi connectivity index (χ1v) is 13.1. The molecule has 1 unspecified atom stereocenters. The summed E-state index contributed by atoms with van der Waals surface area (Å²) in [5, 5.41) is 13.5. The molecular formula is C28H30N2O5S. The smallest absolute Gasteiger partial charge is 0.301 e. The van der Waals surface area contributed by atoms with Crippen molar-refractivity contribution < 1.29 is 24.2 Å². The number of ketones is 1. The molecule has 36 heavy (non-hydrogen) atoms. The fraction of sp³-hybridized carbons (Fsp3) is 0.321. The molecule has 0 saturated carbocycles. The molecule has 0 radical (unpaired) electrons. The number of thiazole rings is 1. The van der Waals surface area contributed by atoms with E-state index in [4.69, 9.17) is 9.47 Å². The number of aliphatic hydroxyl groups excluding tert-OH is 1. The van der Waals surface area contributed by atoms with Gasteiger partial charge < -0.3 is 14.6 Å². The highest BCUT2D eigenvalue weighted by Crippen LogP contribution is 2.43. The van der Waals surface area contributed by atoms with E-state index in [9.17, 15) is 14.7 Å². The van der Waals surface area contributed by atoms with Crippen LogP contribution in [0.1, 0.15) is 56.7 Å². The van der Waals surface area contributed by atoms with Crippen LogP contribution in [0.25, 0.3) is 5.76 Å². The van der Waals surface area contributed by atoms with E-state index in [0.29, 0.717) is 41.0 Å². The monoisotopic (exact) mass is 506 g/mol. The Labute approximate surface area is 215 Å². The van der Waals surface area contributed by atoms with Gasteiger partial charge in [-0.1, -0.05) is 51.0 Å². The number of carbonyl (C=O) groups excluding carboxylic acids is 2. The van der Waals surface area contributed by atoms with Gasteiger partial charge in [0.1, 0.15) is 17.3 Å². The minimum absolute atomic E-state index is 0.0144. The summed E-state index contributed by atoms with van der Waals surface area (Å²) in [6.07, 6.45) is 5.48. The Bertz CT molecular complexity index is 1220. The van der Waals surface area contributed by atoms with E-state index in [1.54, 1.807) is 35.8 Å². The molecular weight excluding hydrogens is 476 g/mol. The molecule has 0 spiro atoms. The molecule has 0 aliphatic carbocycles. The third kappa shape index (κ3) is 5.44. The Balaban J connectivity index is 1.75. The van der Waals surface area contributed by atoms with Crippen molar-refractivity contribution >= 4 is 33.9 Å². The van der Waals surface area contributed by atoms with Gasteiger partial charge in [-0.2, -0.15) is 0 Å². The van der Waals surface area contributed by atoms with Crippen LogP contribution in [0.4, 0.5) is 5.13 Å². The summed E-state index contributed by atoms with van der Waals surface area (Å²) in [5.74, 6) is -0.438. The lowest BCUT2D eigenvalue weighted by atomic mass is 9.95. The molecule has 2 aromatic carbocycles. The number of amides is 1. The van der Waals surface area contributed by atoms with Gasteiger partial charge in [-0.15, -0.1) is 11.3 Å². The minimum Gasteiger partial charge on any atom is -0.507 e. The van der Waals surface area contributed by atoms with E-state index in [2.05, 4.69) is 18.8 Å². The summed E-state index contributed by atoms with van der Waals surface area (Å²) < 4.78 is 11.5. The molecule has 1 aromatic heterocycles. The van der Waals surface area contributed by atoms with E-state index in [-0.39, 0.29) is 11.3 Å². The second-order valence-electron chi connectivity index (χ2n) is 8.48. The zero-order valence-corrected chi connectivity index (χ0v) is 21.3. The standard InChI is InChI=1S/C28H30N2O5S/c1-3-5-15-34-21-12-10-19(11-13-21)24-23(26(32)27(33)30(24)28-29-14-17-36-28)25(31)20-8-7-9-22(18-20)35-16-6-4-2/h7-14,17-18,24,31H,3-6,15-16H2,1-2H3/b25-23+. The lowest BCUT2D eigenvalue weighted by Crippen LogP contribution is -2.29. The molecule has 1 atom stereocenters. The maximum Gasteiger partial charge on any atom is 0.301 e. The second-order valence-corrected chi connectivity index (χ2v) is 9.36. The Morgan fingerprint density at radius 3 is 2.33 bits per heavy atom. The molecule has 0 bridgehead atoms. The predicted octanol–water partition coefficient (Wildman–Crippen LogP) is 6.13. The van der Waals surface area contributed by atoms with Gasteiger partial charge in [0.05, 0.1) is 24.8 Å². The zero-order chi connectivity index (χ0) is 25.5. The van der Waals surface area contributed by atoms with E-state index in [1.807, 2.05) is 24.3 Å². The molecule has 1 aliphatic heterocycles. The molecule has 1 N–H and O–H groups in total. The van der Waals surface area contributed by atoms with Gasteiger partial charge in [0.2, 0.25) is 0 Å². The van der Waals surface area contributed by atoms with Crippen LogP contribution in [0, 0.1) is 0 Å². The largest absolute Gasteiger partial charge is 0.507 e. The van der Waals surface area contributed by atoms with Gasteiger partial charge in [-0.25, -0.2) is 4.98 Å². The van der Waals surface area contributed by atoms with Crippen molar-refractivity contribution in [1.82, 2.24) is 4.98 Å². The van der Waals surface area contributed by atoms with Crippen LogP contribution in [-0.2, 0) is 9.59 Å². The molecule has 3 aromatic rings. The van der Waals surface area contributed by atoms with Crippen LogP contribution >= 0.6 is 11.3 Å². The van der Waals surface area contributed by atoms with E-state index in [0.717, 1.165) is 25.7 Å². The molecule has 188 valence electrons. The van der Waals surface area contributed by atoms with Crippen LogP contribution in [0.2, 0.25) is 0 Å². The maximum absolute atomic E-state index is 13.3. The van der Waals surface area contributed by atoms with E-state index < -0.39 is 17.7 Å². The molecule has 1 amide bonds. The number of Topliss-reactive ketones (excluding diaryl/α,β-unsaturated/α-hetero) is 1. The molecule has 4 rings (SSSR count). The SMILES string of the molecule is CCCCOc1ccc(C2/C(=C(\O)c3cccc(OCCCC)c3)C(=O)C(=O)N2c2nccs2)cc1. The molecule has 1 saturated heterocycles. The zero-order valence-electron chi connectivity index (χ0n) is 20.5. The number of aromatic nitrogens is 1. The first-order valence-electron chi connectivity index (χ1n) is 12.2. The molecule has 1 aliphatic rings. The summed E-state index contributed by atoms with van der Waals surface area (Å²) in [4.78, 5) is 32.0. The maximum atomic E-state index is 13.3. The summed E-state index contributed by atoms with van der Waals surface area (Å²) in [6.45, 7) is 5.35. The van der Waals surface area contributed by atoms with Crippen molar-refractivity contribution in [3.63, 3.8) is 0 Å². The van der Waals surface area contributed by atoms with E-state index in [1.165, 1.54) is 16.2 Å². The highest BCUT2D eigenvalue weighted by Gasteiger charge is 2.48. The number of ether oxygens (including phenoxy) is 2. The van der Waals surface area contributed by atoms with Crippen LogP contribution in [0.5, 0.6) is 11.5 Å². The van der Waals surface area contributed by atoms with Gasteiger partial charge in [0, 0.05) is 17.1 Å². The number of rotatable bonds is 11. The minimum atomic E-state index is -0.828. The third-order valence-corrected chi connectivity index (χ3v) is 6.68. The van der Waals surface area contributed by atoms with Crippen molar-refractivity contribution in [2.24, 2.45) is 0 Å². The topological polar surface area (TPSA) is 89.0 Å². The summed E-state index contributed by atoms with van der Waals surface area (Å²) in [6, 6.07) is 13.4. The Kier molecular flexibility index (Phi) is 8.38. The van der Waals surface area contributed by atoms with Crippen molar-refractivity contribution in [2.45, 2.75) is 45.6 Å². The summed E-state index contributed by atoms with van der Waals surface area (Å²) >= 11 is 1.26. The molecule has 1 fully saturated rings. The fourth-order valence-corrected chi connectivity index (χ4v) is 4.65. The number of anilines is 1. The summed E-state index contributed by atoms with van der Waals surface area (Å²) in [5.41, 5.74) is 1.09. The number of aliphatic hydroxyl groups is 1. The van der Waals surface area contributed by atoms with Gasteiger partial charge in [-0.05, 0) is 42.7 Å². The quantitative estimate of drug-likeness (QED) is 0.146. The number of nitrogens with zero attached hydrogens (tertiary/aromatic N) is 2. The van der Waals surface area contributed by atoms with Crippen molar-refractivity contribution in [3.8, 4) is 11.5 Å². The number of hydrogen-bond acceptors (Lipinski definition) is 7. The molecule has 2 heterocycles. The van der Waals surface area contributed by atoms with Crippen LogP contribution < -0.4 is 14.4 Å². The number of hydrogen-bond donors (Lipinski definition) is 1. The Morgan fingerprint density at radius 1 is 1.00 bits per heavy atom. The second kappa shape index (κ2) is 11.9. The first kappa shape index (κ1) is 25.4. The highest BCUT2D eigenvalue weighted by molar-refractivity contribution is 7.14. The predicted molar refractivity (Wildman–Crippen MR) is 141 cm³/mol. The van der Waals surface area contributed by atoms with Crippen molar-refractivity contribution in [3.05, 3.63) is 76.8 Å². The first-order chi connectivity index (χ1) is 17.5. The van der Waals surface area contributed by atoms with E-state index >= 15 is 0 Å². The van der Waals surface area contributed by atoms with Gasteiger partial charge >= 0.3 is 5.91 Å². The van der Waals surface area contributed by atoms with Crippen molar-refractivity contribution in [1.29, 1.82) is 0 Å². The molecule has 7 nitrogen and oxygen atoms in total. The Hall–Kier alpha value is -3.65. The lowest BCUT2D eigenvalue weighted by Gasteiger charge is -2.23. The van der Waals surface area contributed by atoms with Crippen LogP contribution in [0.15, 0.2) is 65.7 Å². The average molecular weight is 507 g/mol.